The molecule has 0 aliphatic heterocycles. The highest BCUT2D eigenvalue weighted by Crippen LogP contribution is 2.25. The number of nitrogens with one attached hydrogen (secondary N) is 1. The largest absolute Gasteiger partial charge is 0.488 e. The number of hydrogen-bond acceptors (Lipinski definition) is 3. The Morgan fingerprint density at radius 3 is 2.85 bits per heavy atom. The Morgan fingerprint density at radius 1 is 1.30 bits per heavy atom. The van der Waals surface area contributed by atoms with Gasteiger partial charge in [0.2, 0.25) is 0 Å². The monoisotopic (exact) mass is 281 g/mol. The second kappa shape index (κ2) is 7.60. The van der Waals surface area contributed by atoms with Crippen molar-refractivity contribution in [1.29, 1.82) is 0 Å². The summed E-state index contributed by atoms with van der Waals surface area (Å²) in [4.78, 5) is 0. The molecule has 3 nitrogen and oxygen atoms in total. The van der Waals surface area contributed by atoms with E-state index >= 15 is 0 Å². The van der Waals surface area contributed by atoms with E-state index in [9.17, 15) is 9.50 Å². The lowest BCUT2D eigenvalue weighted by atomic mass is 9.95. The predicted molar refractivity (Wildman–Crippen MR) is 77.3 cm³/mol. The SMILES string of the molecule is CCCNCc1cc(F)cc(OC2CCCCC2O)c1. The second-order valence-corrected chi connectivity index (χ2v) is 5.48. The Morgan fingerprint density at radius 2 is 2.10 bits per heavy atom. The van der Waals surface area contributed by atoms with E-state index < -0.39 is 6.10 Å². The van der Waals surface area contributed by atoms with Gasteiger partial charge in [-0.05, 0) is 49.9 Å². The molecule has 0 aromatic heterocycles. The molecule has 20 heavy (non-hydrogen) atoms. The summed E-state index contributed by atoms with van der Waals surface area (Å²) in [6.45, 7) is 3.64. The van der Waals surface area contributed by atoms with Gasteiger partial charge in [0.05, 0.1) is 6.10 Å². The Labute approximate surface area is 120 Å². The molecule has 112 valence electrons. The van der Waals surface area contributed by atoms with E-state index in [1.165, 1.54) is 12.1 Å². The van der Waals surface area contributed by atoms with Gasteiger partial charge in [-0.25, -0.2) is 4.39 Å². The van der Waals surface area contributed by atoms with Crippen molar-refractivity contribution < 1.29 is 14.2 Å². The summed E-state index contributed by atoms with van der Waals surface area (Å²) in [7, 11) is 0. The van der Waals surface area contributed by atoms with Gasteiger partial charge in [0.15, 0.2) is 0 Å². The van der Waals surface area contributed by atoms with Gasteiger partial charge in [-0.3, -0.25) is 0 Å². The Kier molecular flexibility index (Phi) is 5.80. The van der Waals surface area contributed by atoms with Crippen LogP contribution in [0.25, 0.3) is 0 Å². The number of rotatable bonds is 6. The highest BCUT2D eigenvalue weighted by Gasteiger charge is 2.24. The minimum absolute atomic E-state index is 0.206. The van der Waals surface area contributed by atoms with Crippen molar-refractivity contribution in [1.82, 2.24) is 5.32 Å². The molecule has 1 aromatic carbocycles. The summed E-state index contributed by atoms with van der Waals surface area (Å²) in [5, 5.41) is 13.2. The first kappa shape index (κ1) is 15.3. The molecule has 0 spiro atoms. The fourth-order valence-electron chi connectivity index (χ4n) is 2.59. The maximum Gasteiger partial charge on any atom is 0.127 e. The number of aliphatic hydroxyl groups is 1. The fraction of sp³-hybridized carbons (Fsp3) is 0.625. The summed E-state index contributed by atoms with van der Waals surface area (Å²) >= 11 is 0. The van der Waals surface area contributed by atoms with Crippen molar-refractivity contribution in [3.63, 3.8) is 0 Å². The molecule has 1 saturated carbocycles. The molecule has 0 bridgehead atoms. The summed E-state index contributed by atoms with van der Waals surface area (Å²) in [6, 6.07) is 4.77. The van der Waals surface area contributed by atoms with Gasteiger partial charge in [0, 0.05) is 12.6 Å². The normalized spacial score (nSPS) is 22.8. The molecule has 2 rings (SSSR count). The first-order chi connectivity index (χ1) is 9.69. The number of halogens is 1. The van der Waals surface area contributed by atoms with Crippen LogP contribution in [0.2, 0.25) is 0 Å². The van der Waals surface area contributed by atoms with Crippen molar-refractivity contribution in [2.24, 2.45) is 0 Å². The van der Waals surface area contributed by atoms with Crippen LogP contribution in [0.1, 0.15) is 44.6 Å². The maximum absolute atomic E-state index is 13.6. The third-order valence-corrected chi connectivity index (χ3v) is 3.64. The smallest absolute Gasteiger partial charge is 0.127 e. The molecular weight excluding hydrogens is 257 g/mol. The Balaban J connectivity index is 1.99. The molecule has 0 saturated heterocycles. The molecule has 4 heteroatoms. The van der Waals surface area contributed by atoms with Crippen molar-refractivity contribution in [3.8, 4) is 5.75 Å². The van der Waals surface area contributed by atoms with Crippen LogP contribution in [-0.2, 0) is 6.54 Å². The van der Waals surface area contributed by atoms with Gasteiger partial charge in [-0.15, -0.1) is 0 Å². The number of ether oxygens (including phenoxy) is 1. The highest BCUT2D eigenvalue weighted by molar-refractivity contribution is 5.30. The molecule has 1 aromatic rings. The molecule has 0 amide bonds. The number of benzene rings is 1. The summed E-state index contributed by atoms with van der Waals surface area (Å²) in [5.41, 5.74) is 0.874. The maximum atomic E-state index is 13.6. The van der Waals surface area contributed by atoms with Crippen molar-refractivity contribution in [2.75, 3.05) is 6.54 Å². The van der Waals surface area contributed by atoms with Crippen LogP contribution < -0.4 is 10.1 Å². The number of hydrogen-bond donors (Lipinski definition) is 2. The van der Waals surface area contributed by atoms with E-state index in [1.54, 1.807) is 0 Å². The number of aliphatic hydroxyl groups excluding tert-OH is 1. The van der Waals surface area contributed by atoms with Crippen LogP contribution in [0.3, 0.4) is 0 Å². The predicted octanol–water partition coefficient (Wildman–Crippen LogP) is 3.01. The minimum Gasteiger partial charge on any atom is -0.488 e. The molecule has 0 heterocycles. The van der Waals surface area contributed by atoms with Crippen molar-refractivity contribution >= 4 is 0 Å². The summed E-state index contributed by atoms with van der Waals surface area (Å²) < 4.78 is 19.4. The van der Waals surface area contributed by atoms with Crippen molar-refractivity contribution in [2.45, 2.75) is 57.8 Å². The zero-order valence-electron chi connectivity index (χ0n) is 12.1. The zero-order chi connectivity index (χ0) is 14.4. The molecule has 0 radical (unpaired) electrons. The van der Waals surface area contributed by atoms with Crippen LogP contribution in [0, 0.1) is 5.82 Å². The first-order valence-corrected chi connectivity index (χ1v) is 7.54. The van der Waals surface area contributed by atoms with E-state index in [1.807, 2.05) is 6.07 Å². The third kappa shape index (κ3) is 4.46. The van der Waals surface area contributed by atoms with Crippen molar-refractivity contribution in [3.05, 3.63) is 29.6 Å². The third-order valence-electron chi connectivity index (χ3n) is 3.64. The lowest BCUT2D eigenvalue weighted by molar-refractivity contribution is 0.00668. The van der Waals surface area contributed by atoms with Crippen LogP contribution in [0.4, 0.5) is 4.39 Å². The summed E-state index contributed by atoms with van der Waals surface area (Å²) in [5.74, 6) is 0.227. The molecule has 2 N–H and O–H groups in total. The molecule has 2 unspecified atom stereocenters. The van der Waals surface area contributed by atoms with Gasteiger partial charge in [-0.2, -0.15) is 0 Å². The lowest BCUT2D eigenvalue weighted by Gasteiger charge is -2.28. The van der Waals surface area contributed by atoms with Crippen LogP contribution >= 0.6 is 0 Å². The summed E-state index contributed by atoms with van der Waals surface area (Å²) in [6.07, 6.45) is 4.10. The fourth-order valence-corrected chi connectivity index (χ4v) is 2.59. The topological polar surface area (TPSA) is 41.5 Å². The lowest BCUT2D eigenvalue weighted by Crippen LogP contribution is -2.34. The standard InChI is InChI=1S/C16H24FNO2/c1-2-7-18-11-12-8-13(17)10-14(9-12)20-16-6-4-3-5-15(16)19/h8-10,15-16,18-19H,2-7,11H2,1H3. The van der Waals surface area contributed by atoms with Gasteiger partial charge in [-0.1, -0.05) is 13.3 Å². The first-order valence-electron chi connectivity index (χ1n) is 7.54. The Hall–Kier alpha value is -1.13. The second-order valence-electron chi connectivity index (χ2n) is 5.48. The van der Waals surface area contributed by atoms with Gasteiger partial charge >= 0.3 is 0 Å². The Bertz CT molecular complexity index is 425. The van der Waals surface area contributed by atoms with E-state index in [4.69, 9.17) is 4.74 Å². The van der Waals surface area contributed by atoms with E-state index in [2.05, 4.69) is 12.2 Å². The average molecular weight is 281 g/mol. The molecule has 2 atom stereocenters. The van der Waals surface area contributed by atoms with E-state index in [0.29, 0.717) is 12.3 Å². The molecule has 1 fully saturated rings. The molecular formula is C16H24FNO2. The van der Waals surface area contributed by atoms with Crippen LogP contribution in [0.15, 0.2) is 18.2 Å². The van der Waals surface area contributed by atoms with Gasteiger partial charge in [0.1, 0.15) is 17.7 Å². The molecule has 1 aliphatic carbocycles. The average Bonchev–Trinajstić information content (AvgIpc) is 2.41. The van der Waals surface area contributed by atoms with Gasteiger partial charge < -0.3 is 15.2 Å². The van der Waals surface area contributed by atoms with E-state index in [-0.39, 0.29) is 11.9 Å². The molecule has 1 aliphatic rings. The van der Waals surface area contributed by atoms with Crippen LogP contribution in [0.5, 0.6) is 5.75 Å². The van der Waals surface area contributed by atoms with Crippen LogP contribution in [-0.4, -0.2) is 23.9 Å². The minimum atomic E-state index is -0.436. The van der Waals surface area contributed by atoms with E-state index in [0.717, 1.165) is 44.2 Å². The highest BCUT2D eigenvalue weighted by atomic mass is 19.1. The zero-order valence-corrected chi connectivity index (χ0v) is 12.1. The quantitative estimate of drug-likeness (QED) is 0.788. The van der Waals surface area contributed by atoms with Gasteiger partial charge in [0.25, 0.3) is 0 Å².